The van der Waals surface area contributed by atoms with E-state index in [9.17, 15) is 14.7 Å². The number of piperidine rings is 1. The Labute approximate surface area is 147 Å². The van der Waals surface area contributed by atoms with Gasteiger partial charge in [-0.2, -0.15) is 0 Å². The number of carbonyl (C=O) groups is 2. The van der Waals surface area contributed by atoms with Gasteiger partial charge in [-0.25, -0.2) is 4.79 Å². The molecule has 1 aromatic rings. The molecule has 1 aromatic carbocycles. The molecule has 2 saturated heterocycles. The molecule has 2 fully saturated rings. The third-order valence-corrected chi connectivity index (χ3v) is 5.07. The van der Waals surface area contributed by atoms with E-state index in [2.05, 4.69) is 4.90 Å². The van der Waals surface area contributed by atoms with Crippen LogP contribution in [0.15, 0.2) is 24.3 Å². The van der Waals surface area contributed by atoms with Crippen LogP contribution in [0.5, 0.6) is 5.75 Å². The highest BCUT2D eigenvalue weighted by atomic mass is 35.5. The van der Waals surface area contributed by atoms with Gasteiger partial charge in [-0.1, -0.05) is 12.1 Å². The van der Waals surface area contributed by atoms with Crippen LogP contribution in [0.4, 0.5) is 0 Å². The minimum absolute atomic E-state index is 0. The molecule has 0 aliphatic carbocycles. The van der Waals surface area contributed by atoms with Crippen LogP contribution in [0.1, 0.15) is 29.6 Å². The number of halogens is 1. The number of rotatable bonds is 3. The van der Waals surface area contributed by atoms with E-state index in [0.29, 0.717) is 12.5 Å². The highest BCUT2D eigenvalue weighted by Crippen LogP contribution is 2.40. The van der Waals surface area contributed by atoms with Gasteiger partial charge in [0.25, 0.3) is 0 Å². The molecule has 0 spiro atoms. The number of methoxy groups -OCH3 is 1. The summed E-state index contributed by atoms with van der Waals surface area (Å²) in [7, 11) is 3.35. The Balaban J connectivity index is 0.00000208. The second-order valence-corrected chi connectivity index (χ2v) is 6.21. The average molecular weight is 356 g/mol. The van der Waals surface area contributed by atoms with Crippen molar-refractivity contribution < 1.29 is 24.2 Å². The SMILES string of the molecule is COC(=O)[C@H]1[C@@H](OC(=O)c2ccccc2O)C[C@@H]2CC[C@H]1N2C.Cl. The molecule has 2 heterocycles. The molecule has 2 bridgehead atoms. The fourth-order valence-electron chi connectivity index (χ4n) is 3.83. The maximum Gasteiger partial charge on any atom is 0.342 e. The second kappa shape index (κ2) is 7.40. The fraction of sp³-hybridized carbons (Fsp3) is 0.529. The Morgan fingerprint density at radius 1 is 1.25 bits per heavy atom. The van der Waals surface area contributed by atoms with Crippen LogP contribution in [-0.4, -0.2) is 54.3 Å². The molecular formula is C17H22ClNO5. The van der Waals surface area contributed by atoms with Gasteiger partial charge in [-0.3, -0.25) is 9.69 Å². The van der Waals surface area contributed by atoms with E-state index in [1.807, 2.05) is 7.05 Å². The highest BCUT2D eigenvalue weighted by molar-refractivity contribution is 5.92. The summed E-state index contributed by atoms with van der Waals surface area (Å²) in [5.74, 6) is -1.56. The first-order valence-corrected chi connectivity index (χ1v) is 7.81. The van der Waals surface area contributed by atoms with Gasteiger partial charge in [0.15, 0.2) is 0 Å². The number of carbonyl (C=O) groups excluding carboxylic acids is 2. The van der Waals surface area contributed by atoms with E-state index in [4.69, 9.17) is 9.47 Å². The number of ether oxygens (including phenoxy) is 2. The molecule has 4 atom stereocenters. The smallest absolute Gasteiger partial charge is 0.342 e. The van der Waals surface area contributed by atoms with Crippen molar-refractivity contribution in [2.45, 2.75) is 37.5 Å². The molecule has 132 valence electrons. The first-order valence-electron chi connectivity index (χ1n) is 7.81. The zero-order valence-electron chi connectivity index (χ0n) is 13.7. The van der Waals surface area contributed by atoms with Crippen molar-refractivity contribution in [1.82, 2.24) is 4.90 Å². The average Bonchev–Trinajstić information content (AvgIpc) is 2.78. The van der Waals surface area contributed by atoms with E-state index in [1.54, 1.807) is 12.1 Å². The number of hydrogen-bond donors (Lipinski definition) is 1. The number of phenolic OH excluding ortho intramolecular Hbond substituents is 1. The van der Waals surface area contributed by atoms with Crippen molar-refractivity contribution in [1.29, 1.82) is 0 Å². The fourth-order valence-corrected chi connectivity index (χ4v) is 3.83. The standard InChI is InChI=1S/C17H21NO5.ClH/c1-18-10-7-8-12(18)15(17(21)22-2)14(9-10)23-16(20)11-5-3-4-6-13(11)19;/h3-6,10,12,14-15,19H,7-9H2,1-2H3;1H/t10-,12+,14-,15+;/m0./s1. The second-order valence-electron chi connectivity index (χ2n) is 6.21. The number of benzene rings is 1. The predicted octanol–water partition coefficient (Wildman–Crippen LogP) is 2.00. The quantitative estimate of drug-likeness (QED) is 0.836. The number of para-hydroxylation sites is 1. The van der Waals surface area contributed by atoms with Crippen molar-refractivity contribution in [2.24, 2.45) is 5.92 Å². The van der Waals surface area contributed by atoms with Crippen LogP contribution in [0, 0.1) is 5.92 Å². The molecule has 2 aliphatic heterocycles. The zero-order valence-corrected chi connectivity index (χ0v) is 14.5. The van der Waals surface area contributed by atoms with Gasteiger partial charge in [0, 0.05) is 18.5 Å². The molecule has 1 N–H and O–H groups in total. The van der Waals surface area contributed by atoms with Crippen molar-refractivity contribution in [3.05, 3.63) is 29.8 Å². The summed E-state index contributed by atoms with van der Waals surface area (Å²) in [6, 6.07) is 6.58. The number of aromatic hydroxyl groups is 1. The largest absolute Gasteiger partial charge is 0.507 e. The third-order valence-electron chi connectivity index (χ3n) is 5.07. The van der Waals surface area contributed by atoms with Gasteiger partial charge >= 0.3 is 11.9 Å². The molecule has 7 heteroatoms. The van der Waals surface area contributed by atoms with E-state index >= 15 is 0 Å². The minimum atomic E-state index is -0.606. The van der Waals surface area contributed by atoms with E-state index in [-0.39, 0.29) is 35.7 Å². The van der Waals surface area contributed by atoms with Gasteiger partial charge in [-0.05, 0) is 32.0 Å². The van der Waals surface area contributed by atoms with E-state index in [1.165, 1.54) is 19.2 Å². The molecule has 0 amide bonds. The first-order chi connectivity index (χ1) is 11.0. The number of nitrogens with zero attached hydrogens (tertiary/aromatic N) is 1. The lowest BCUT2D eigenvalue weighted by Gasteiger charge is -2.40. The topological polar surface area (TPSA) is 76.1 Å². The predicted molar refractivity (Wildman–Crippen MR) is 89.3 cm³/mol. The van der Waals surface area contributed by atoms with Crippen molar-refractivity contribution >= 4 is 24.3 Å². The Hall–Kier alpha value is -1.79. The molecule has 3 rings (SSSR count). The summed E-state index contributed by atoms with van der Waals surface area (Å²) in [6.45, 7) is 0. The molecule has 0 saturated carbocycles. The Morgan fingerprint density at radius 3 is 2.62 bits per heavy atom. The van der Waals surface area contributed by atoms with Gasteiger partial charge in [0.05, 0.1) is 7.11 Å². The molecule has 0 aromatic heterocycles. The molecular weight excluding hydrogens is 334 g/mol. The van der Waals surface area contributed by atoms with Crippen molar-refractivity contribution in [3.8, 4) is 5.75 Å². The minimum Gasteiger partial charge on any atom is -0.507 e. The molecule has 6 nitrogen and oxygen atoms in total. The van der Waals surface area contributed by atoms with Gasteiger partial charge < -0.3 is 14.6 Å². The summed E-state index contributed by atoms with van der Waals surface area (Å²) in [5.41, 5.74) is 0.113. The lowest BCUT2D eigenvalue weighted by molar-refractivity contribution is -0.156. The Morgan fingerprint density at radius 2 is 1.96 bits per heavy atom. The lowest BCUT2D eigenvalue weighted by Crippen LogP contribution is -2.53. The summed E-state index contributed by atoms with van der Waals surface area (Å²) in [4.78, 5) is 26.7. The maximum absolute atomic E-state index is 12.4. The Bertz CT molecular complexity index is 623. The van der Waals surface area contributed by atoms with Crippen molar-refractivity contribution in [3.63, 3.8) is 0 Å². The summed E-state index contributed by atoms with van der Waals surface area (Å²) in [5, 5.41) is 9.79. The van der Waals surface area contributed by atoms with E-state index < -0.39 is 18.0 Å². The highest BCUT2D eigenvalue weighted by Gasteiger charge is 2.51. The zero-order chi connectivity index (χ0) is 16.6. The number of phenols is 1. The van der Waals surface area contributed by atoms with Crippen LogP contribution < -0.4 is 0 Å². The van der Waals surface area contributed by atoms with Crippen LogP contribution >= 0.6 is 12.4 Å². The molecule has 0 unspecified atom stereocenters. The number of hydrogen-bond acceptors (Lipinski definition) is 6. The summed E-state index contributed by atoms with van der Waals surface area (Å²) in [6.07, 6.45) is 1.96. The number of esters is 2. The van der Waals surface area contributed by atoms with Crippen LogP contribution in [-0.2, 0) is 14.3 Å². The molecule has 24 heavy (non-hydrogen) atoms. The molecule has 2 aliphatic rings. The maximum atomic E-state index is 12.4. The lowest BCUT2D eigenvalue weighted by atomic mass is 9.87. The normalized spacial score (nSPS) is 28.8. The van der Waals surface area contributed by atoms with Gasteiger partial charge in [0.2, 0.25) is 0 Å². The van der Waals surface area contributed by atoms with Crippen molar-refractivity contribution in [2.75, 3.05) is 14.2 Å². The monoisotopic (exact) mass is 355 g/mol. The number of fused-ring (bicyclic) bond motifs is 2. The van der Waals surface area contributed by atoms with E-state index in [0.717, 1.165) is 12.8 Å². The first kappa shape index (κ1) is 18.5. The van der Waals surface area contributed by atoms with Gasteiger partial charge in [0.1, 0.15) is 23.3 Å². The molecule has 0 radical (unpaired) electrons. The summed E-state index contributed by atoms with van der Waals surface area (Å²) >= 11 is 0. The van der Waals surface area contributed by atoms with Crippen LogP contribution in [0.25, 0.3) is 0 Å². The van der Waals surface area contributed by atoms with Crippen LogP contribution in [0.3, 0.4) is 0 Å². The summed E-state index contributed by atoms with van der Waals surface area (Å²) < 4.78 is 10.5. The van der Waals surface area contributed by atoms with Crippen LogP contribution in [0.2, 0.25) is 0 Å². The Kier molecular flexibility index (Phi) is 5.72. The third kappa shape index (κ3) is 3.21. The van der Waals surface area contributed by atoms with Gasteiger partial charge in [-0.15, -0.1) is 12.4 Å².